The minimum absolute atomic E-state index is 0.187. The Balaban J connectivity index is 1.42. The lowest BCUT2D eigenvalue weighted by Gasteiger charge is -2.38. The number of rotatable bonds is 9. The Morgan fingerprint density at radius 2 is 1.82 bits per heavy atom. The number of carbonyl (C=O) groups excluding carboxylic acids is 2. The van der Waals surface area contributed by atoms with Gasteiger partial charge < -0.3 is 24.0 Å². The first-order valence-corrected chi connectivity index (χ1v) is 15.5. The summed E-state index contributed by atoms with van der Waals surface area (Å²) in [6, 6.07) is 5.58. The van der Waals surface area contributed by atoms with Gasteiger partial charge in [-0.25, -0.2) is 9.78 Å². The van der Waals surface area contributed by atoms with E-state index in [4.69, 9.17) is 19.2 Å². The van der Waals surface area contributed by atoms with Crippen LogP contribution in [0.25, 0.3) is 0 Å². The third kappa shape index (κ3) is 7.46. The van der Waals surface area contributed by atoms with Crippen LogP contribution in [0.15, 0.2) is 30.5 Å². The predicted molar refractivity (Wildman–Crippen MR) is 162 cm³/mol. The summed E-state index contributed by atoms with van der Waals surface area (Å²) < 4.78 is 56.9. The van der Waals surface area contributed by atoms with Gasteiger partial charge in [0.05, 0.1) is 43.7 Å². The number of esters is 1. The van der Waals surface area contributed by atoms with Crippen molar-refractivity contribution in [3.8, 4) is 0 Å². The minimum Gasteiger partial charge on any atom is -0.468 e. The molecule has 13 heteroatoms. The molecule has 0 saturated carbocycles. The Hall–Kier alpha value is -3.58. The highest BCUT2D eigenvalue weighted by Crippen LogP contribution is 2.39. The molecule has 3 aliphatic heterocycles. The van der Waals surface area contributed by atoms with Gasteiger partial charge in [0.15, 0.2) is 0 Å². The number of piperazine rings is 1. The van der Waals surface area contributed by atoms with Crippen LogP contribution < -0.4 is 9.80 Å². The lowest BCUT2D eigenvalue weighted by Crippen LogP contribution is -2.48. The molecule has 0 bridgehead atoms. The van der Waals surface area contributed by atoms with Gasteiger partial charge in [0.2, 0.25) is 0 Å². The van der Waals surface area contributed by atoms with E-state index in [0.29, 0.717) is 57.1 Å². The fourth-order valence-electron chi connectivity index (χ4n) is 6.51. The van der Waals surface area contributed by atoms with Gasteiger partial charge in [-0.1, -0.05) is 11.6 Å². The summed E-state index contributed by atoms with van der Waals surface area (Å²) in [6.07, 6.45) is -2.36. The average molecular weight is 634 g/mol. The van der Waals surface area contributed by atoms with Crippen molar-refractivity contribution < 1.29 is 37.0 Å². The van der Waals surface area contributed by atoms with Crippen LogP contribution in [-0.4, -0.2) is 98.5 Å². The number of nitrogens with zero attached hydrogens (tertiary/aromatic N) is 5. The Morgan fingerprint density at radius 3 is 2.47 bits per heavy atom. The molecule has 0 unspecified atom stereocenters. The first-order valence-electron chi connectivity index (χ1n) is 15.5. The number of benzene rings is 1. The summed E-state index contributed by atoms with van der Waals surface area (Å²) in [6.45, 7) is 10.7. The molecule has 3 fully saturated rings. The standard InChI is InChI=1S/C32H42F3N5O5/c1-5-39(26-6-12-44-13-7-26)30-24(17-27(18-36-30)38-10-8-37(9-11-38)20-28(41)43-4)19-40-22(3)29(45-31(40)42)23-14-21(2)15-25(16-23)32(33,34)35/h14-18,22,26,29H,5-13,19-20H2,1-4H3/t22-,29-/m0/s1. The number of ether oxygens (including phenoxy) is 3. The summed E-state index contributed by atoms with van der Waals surface area (Å²) in [7, 11) is 1.38. The van der Waals surface area contributed by atoms with Crippen molar-refractivity contribution in [2.45, 2.75) is 64.5 Å². The van der Waals surface area contributed by atoms with E-state index in [0.717, 1.165) is 42.0 Å². The number of aromatic nitrogens is 1. The van der Waals surface area contributed by atoms with Crippen LogP contribution in [0.3, 0.4) is 0 Å². The summed E-state index contributed by atoms with van der Waals surface area (Å²) in [5.41, 5.74) is 1.74. The molecule has 3 saturated heterocycles. The molecule has 2 atom stereocenters. The van der Waals surface area contributed by atoms with E-state index in [1.54, 1.807) is 24.8 Å². The van der Waals surface area contributed by atoms with Crippen LogP contribution in [0, 0.1) is 6.92 Å². The number of hydrogen-bond donors (Lipinski definition) is 0. The first-order chi connectivity index (χ1) is 21.5. The van der Waals surface area contributed by atoms with Crippen LogP contribution >= 0.6 is 0 Å². The lowest BCUT2D eigenvalue weighted by molar-refractivity contribution is -0.142. The number of anilines is 2. The highest BCUT2D eigenvalue weighted by molar-refractivity contribution is 5.72. The molecule has 246 valence electrons. The largest absolute Gasteiger partial charge is 0.468 e. The van der Waals surface area contributed by atoms with Crippen molar-refractivity contribution >= 4 is 23.6 Å². The van der Waals surface area contributed by atoms with Gasteiger partial charge in [-0.15, -0.1) is 0 Å². The molecule has 2 aromatic rings. The SMILES string of the molecule is CCN(c1ncc(N2CCN(CC(=O)OC)CC2)cc1CN1C(=O)O[C@H](c2cc(C)cc(C(F)(F)F)c2)[C@@H]1C)C1CCOCC1. The topological polar surface area (TPSA) is 87.7 Å². The third-order valence-corrected chi connectivity index (χ3v) is 8.98. The molecule has 1 amide bonds. The van der Waals surface area contributed by atoms with E-state index < -0.39 is 30.0 Å². The third-order valence-electron chi connectivity index (χ3n) is 8.98. The summed E-state index contributed by atoms with van der Waals surface area (Å²) in [5, 5.41) is 0. The van der Waals surface area contributed by atoms with E-state index in [1.807, 2.05) is 11.1 Å². The van der Waals surface area contributed by atoms with E-state index in [1.165, 1.54) is 7.11 Å². The van der Waals surface area contributed by atoms with E-state index in [9.17, 15) is 22.8 Å². The van der Waals surface area contributed by atoms with Crippen LogP contribution in [0.2, 0.25) is 0 Å². The zero-order valence-corrected chi connectivity index (χ0v) is 26.3. The van der Waals surface area contributed by atoms with Crippen molar-refractivity contribution in [2.24, 2.45) is 0 Å². The van der Waals surface area contributed by atoms with Crippen molar-refractivity contribution in [3.63, 3.8) is 0 Å². The summed E-state index contributed by atoms with van der Waals surface area (Å²) >= 11 is 0. The molecular formula is C32H42F3N5O5. The Kier molecular flexibility index (Phi) is 10.1. The Morgan fingerprint density at radius 1 is 1.11 bits per heavy atom. The highest BCUT2D eigenvalue weighted by Gasteiger charge is 2.42. The number of amides is 1. The van der Waals surface area contributed by atoms with Crippen molar-refractivity contribution in [1.29, 1.82) is 0 Å². The summed E-state index contributed by atoms with van der Waals surface area (Å²) in [5.74, 6) is 0.505. The number of aryl methyl sites for hydroxylation is 1. The molecule has 1 aromatic carbocycles. The van der Waals surface area contributed by atoms with E-state index in [2.05, 4.69) is 22.8 Å². The number of hydrogen-bond acceptors (Lipinski definition) is 9. The van der Waals surface area contributed by atoms with Gasteiger partial charge in [-0.3, -0.25) is 14.6 Å². The van der Waals surface area contributed by atoms with Crippen LogP contribution in [0.1, 0.15) is 55.0 Å². The van der Waals surface area contributed by atoms with Crippen LogP contribution in [0.4, 0.5) is 29.5 Å². The quantitative estimate of drug-likeness (QED) is 0.362. The zero-order chi connectivity index (χ0) is 32.3. The second-order valence-corrected chi connectivity index (χ2v) is 11.9. The van der Waals surface area contributed by atoms with Gasteiger partial charge >= 0.3 is 18.2 Å². The molecule has 3 aliphatic rings. The molecule has 0 radical (unpaired) electrons. The maximum atomic E-state index is 13.6. The number of halogens is 3. The molecule has 0 spiro atoms. The number of pyridine rings is 1. The smallest absolute Gasteiger partial charge is 0.416 e. The fraction of sp³-hybridized carbons (Fsp3) is 0.594. The van der Waals surface area contributed by atoms with Gasteiger partial charge in [0.1, 0.15) is 11.9 Å². The summed E-state index contributed by atoms with van der Waals surface area (Å²) in [4.78, 5) is 38.1. The molecule has 4 heterocycles. The minimum atomic E-state index is -4.51. The van der Waals surface area contributed by atoms with Gasteiger partial charge in [-0.2, -0.15) is 13.2 Å². The zero-order valence-electron chi connectivity index (χ0n) is 26.3. The maximum Gasteiger partial charge on any atom is 0.416 e. The number of carbonyl (C=O) groups is 2. The molecule has 5 rings (SSSR count). The maximum absolute atomic E-state index is 13.6. The van der Waals surface area contributed by atoms with Gasteiger partial charge in [0.25, 0.3) is 0 Å². The second-order valence-electron chi connectivity index (χ2n) is 11.9. The fourth-order valence-corrected chi connectivity index (χ4v) is 6.51. The van der Waals surface area contributed by atoms with Crippen LogP contribution in [-0.2, 0) is 31.7 Å². The lowest BCUT2D eigenvalue weighted by atomic mass is 9.98. The molecular weight excluding hydrogens is 591 g/mol. The highest BCUT2D eigenvalue weighted by atomic mass is 19.4. The Bertz CT molecular complexity index is 1360. The van der Waals surface area contributed by atoms with Crippen molar-refractivity contribution in [3.05, 3.63) is 52.7 Å². The van der Waals surface area contributed by atoms with E-state index >= 15 is 0 Å². The van der Waals surface area contributed by atoms with Gasteiger partial charge in [0, 0.05) is 57.5 Å². The number of methoxy groups -OCH3 is 1. The molecule has 10 nitrogen and oxygen atoms in total. The average Bonchev–Trinajstić information content (AvgIpc) is 3.30. The van der Waals surface area contributed by atoms with Crippen LogP contribution in [0.5, 0.6) is 0 Å². The Labute approximate surface area is 262 Å². The predicted octanol–water partition coefficient (Wildman–Crippen LogP) is 4.79. The molecule has 0 N–H and O–H groups in total. The monoisotopic (exact) mass is 633 g/mol. The van der Waals surface area contributed by atoms with E-state index in [-0.39, 0.29) is 25.1 Å². The normalized spacial score (nSPS) is 21.6. The number of alkyl halides is 3. The van der Waals surface area contributed by atoms with Crippen molar-refractivity contribution in [2.75, 3.05) is 69.4 Å². The second kappa shape index (κ2) is 13.8. The van der Waals surface area contributed by atoms with Gasteiger partial charge in [-0.05, 0) is 57.4 Å². The molecule has 45 heavy (non-hydrogen) atoms. The first kappa shape index (κ1) is 32.8. The molecule has 0 aliphatic carbocycles. The molecule has 1 aromatic heterocycles. The van der Waals surface area contributed by atoms with Crippen molar-refractivity contribution in [1.82, 2.24) is 14.8 Å². The number of cyclic esters (lactones) is 1.